The van der Waals surface area contributed by atoms with E-state index in [0.717, 1.165) is 23.1 Å². The Balaban J connectivity index is 1.66. The van der Waals surface area contributed by atoms with Gasteiger partial charge in [-0.2, -0.15) is 0 Å². The second kappa shape index (κ2) is 7.09. The Hall–Kier alpha value is -2.62. The first-order valence-electron chi connectivity index (χ1n) is 8.59. The third-order valence-electron chi connectivity index (χ3n) is 4.68. The van der Waals surface area contributed by atoms with Crippen molar-refractivity contribution in [2.24, 2.45) is 0 Å². The van der Waals surface area contributed by atoms with E-state index in [-0.39, 0.29) is 5.91 Å². The van der Waals surface area contributed by atoms with Gasteiger partial charge in [-0.1, -0.05) is 42.0 Å². The zero-order chi connectivity index (χ0) is 18.0. The molecule has 0 aliphatic carbocycles. The van der Waals surface area contributed by atoms with Crippen molar-refractivity contribution < 1.29 is 14.3 Å². The molecule has 0 aromatic heterocycles. The van der Waals surface area contributed by atoms with Crippen molar-refractivity contribution in [3.05, 3.63) is 70.3 Å². The number of nitrogens with zero attached hydrogens (tertiary/aromatic N) is 1. The predicted molar refractivity (Wildman–Crippen MR) is 96.4 cm³/mol. The van der Waals surface area contributed by atoms with Crippen LogP contribution in [0.2, 0.25) is 0 Å². The van der Waals surface area contributed by atoms with Gasteiger partial charge in [-0.05, 0) is 49.9 Å². The van der Waals surface area contributed by atoms with E-state index in [1.807, 2.05) is 44.2 Å². The fourth-order valence-electron chi connectivity index (χ4n) is 3.26. The van der Waals surface area contributed by atoms with Crippen LogP contribution in [0.3, 0.4) is 0 Å². The van der Waals surface area contributed by atoms with E-state index in [2.05, 4.69) is 6.07 Å². The Morgan fingerprint density at radius 3 is 2.52 bits per heavy atom. The summed E-state index contributed by atoms with van der Waals surface area (Å²) in [7, 11) is 0. The van der Waals surface area contributed by atoms with Gasteiger partial charge in [0.15, 0.2) is 6.10 Å². The number of aryl methyl sites for hydroxylation is 2. The highest BCUT2D eigenvalue weighted by Crippen LogP contribution is 2.20. The predicted octanol–water partition coefficient (Wildman–Crippen LogP) is 3.43. The molecule has 2 aromatic carbocycles. The lowest BCUT2D eigenvalue weighted by atomic mass is 9.99. The molecule has 1 aliphatic rings. The van der Waals surface area contributed by atoms with Crippen LogP contribution in [0, 0.1) is 13.8 Å². The SMILES string of the molecule is Cc1ccc(C(=O)O[C@H](C)C(=O)N2CCc3ccccc3C2)c(C)c1. The molecule has 1 atom stereocenters. The molecular formula is C21H23NO3. The molecule has 0 saturated carbocycles. The smallest absolute Gasteiger partial charge is 0.339 e. The molecule has 4 nitrogen and oxygen atoms in total. The first kappa shape index (κ1) is 17.2. The Labute approximate surface area is 148 Å². The van der Waals surface area contributed by atoms with Crippen LogP contribution < -0.4 is 0 Å². The van der Waals surface area contributed by atoms with Crippen LogP contribution in [0.1, 0.15) is 39.5 Å². The molecule has 0 radical (unpaired) electrons. The van der Waals surface area contributed by atoms with Crippen LogP contribution in [-0.2, 0) is 22.5 Å². The van der Waals surface area contributed by atoms with Gasteiger partial charge in [0.1, 0.15) is 0 Å². The van der Waals surface area contributed by atoms with Gasteiger partial charge in [0.2, 0.25) is 0 Å². The van der Waals surface area contributed by atoms with E-state index in [0.29, 0.717) is 18.7 Å². The average molecular weight is 337 g/mol. The van der Waals surface area contributed by atoms with Gasteiger partial charge >= 0.3 is 5.97 Å². The first-order chi connectivity index (χ1) is 12.0. The molecule has 0 bridgehead atoms. The zero-order valence-corrected chi connectivity index (χ0v) is 14.9. The van der Waals surface area contributed by atoms with Gasteiger partial charge in [0.05, 0.1) is 5.56 Å². The minimum atomic E-state index is -0.793. The lowest BCUT2D eigenvalue weighted by Gasteiger charge is -2.30. The summed E-state index contributed by atoms with van der Waals surface area (Å²) < 4.78 is 5.43. The summed E-state index contributed by atoms with van der Waals surface area (Å²) in [6.45, 7) is 6.71. The van der Waals surface area contributed by atoms with Crippen molar-refractivity contribution in [3.63, 3.8) is 0 Å². The van der Waals surface area contributed by atoms with Gasteiger partial charge in [0.25, 0.3) is 5.91 Å². The van der Waals surface area contributed by atoms with Crippen molar-refractivity contribution in [2.45, 2.75) is 39.8 Å². The molecule has 1 amide bonds. The monoisotopic (exact) mass is 337 g/mol. The molecule has 25 heavy (non-hydrogen) atoms. The number of carbonyl (C=O) groups excluding carboxylic acids is 2. The second-order valence-corrected chi connectivity index (χ2v) is 6.64. The molecule has 0 N–H and O–H groups in total. The third kappa shape index (κ3) is 3.73. The number of rotatable bonds is 3. The van der Waals surface area contributed by atoms with Gasteiger partial charge in [-0.15, -0.1) is 0 Å². The molecule has 1 heterocycles. The molecular weight excluding hydrogens is 314 g/mol. The van der Waals surface area contributed by atoms with Crippen molar-refractivity contribution in [3.8, 4) is 0 Å². The van der Waals surface area contributed by atoms with Gasteiger partial charge < -0.3 is 9.64 Å². The first-order valence-corrected chi connectivity index (χ1v) is 8.59. The second-order valence-electron chi connectivity index (χ2n) is 6.64. The molecule has 0 fully saturated rings. The van der Waals surface area contributed by atoms with Gasteiger partial charge in [-0.25, -0.2) is 4.79 Å². The highest BCUT2D eigenvalue weighted by Gasteiger charge is 2.27. The quantitative estimate of drug-likeness (QED) is 0.806. The maximum Gasteiger partial charge on any atom is 0.339 e. The van der Waals surface area contributed by atoms with Crippen molar-refractivity contribution in [1.29, 1.82) is 0 Å². The summed E-state index contributed by atoms with van der Waals surface area (Å²) in [6, 6.07) is 13.7. The van der Waals surface area contributed by atoms with Crippen molar-refractivity contribution >= 4 is 11.9 Å². The summed E-state index contributed by atoms with van der Waals surface area (Å²) in [5, 5.41) is 0. The number of benzene rings is 2. The zero-order valence-electron chi connectivity index (χ0n) is 14.9. The Morgan fingerprint density at radius 1 is 1.08 bits per heavy atom. The Bertz CT molecular complexity index is 813. The maximum atomic E-state index is 12.7. The normalized spacial score (nSPS) is 14.6. The number of carbonyl (C=O) groups is 2. The molecule has 4 heteroatoms. The number of ether oxygens (including phenoxy) is 1. The average Bonchev–Trinajstić information content (AvgIpc) is 2.60. The van der Waals surface area contributed by atoms with Gasteiger partial charge in [0, 0.05) is 13.1 Å². The number of amides is 1. The lowest BCUT2D eigenvalue weighted by molar-refractivity contribution is -0.140. The number of fused-ring (bicyclic) bond motifs is 1. The van der Waals surface area contributed by atoms with Crippen LogP contribution in [-0.4, -0.2) is 29.4 Å². The standard InChI is InChI=1S/C21H23NO3/c1-14-8-9-19(15(2)12-14)21(24)25-16(3)20(23)22-11-10-17-6-4-5-7-18(17)13-22/h4-9,12,16H,10-11,13H2,1-3H3/t16-/m1/s1. The highest BCUT2D eigenvalue weighted by atomic mass is 16.5. The van der Waals surface area contributed by atoms with E-state index in [9.17, 15) is 9.59 Å². The van der Waals surface area contributed by atoms with Crippen LogP contribution in [0.15, 0.2) is 42.5 Å². The van der Waals surface area contributed by atoms with Crippen LogP contribution in [0.5, 0.6) is 0 Å². The van der Waals surface area contributed by atoms with E-state index in [1.54, 1.807) is 17.9 Å². The van der Waals surface area contributed by atoms with Crippen LogP contribution >= 0.6 is 0 Å². The number of hydrogen-bond acceptors (Lipinski definition) is 3. The van der Waals surface area contributed by atoms with Crippen molar-refractivity contribution in [1.82, 2.24) is 4.90 Å². The Kier molecular flexibility index (Phi) is 4.88. The topological polar surface area (TPSA) is 46.6 Å². The van der Waals surface area contributed by atoms with E-state index in [4.69, 9.17) is 4.74 Å². The maximum absolute atomic E-state index is 12.7. The van der Waals surface area contributed by atoms with E-state index < -0.39 is 12.1 Å². The third-order valence-corrected chi connectivity index (χ3v) is 4.68. The van der Waals surface area contributed by atoms with Crippen LogP contribution in [0.4, 0.5) is 0 Å². The molecule has 130 valence electrons. The lowest BCUT2D eigenvalue weighted by Crippen LogP contribution is -2.42. The number of esters is 1. The molecule has 0 spiro atoms. The summed E-state index contributed by atoms with van der Waals surface area (Å²) in [6.07, 6.45) is 0.0399. The largest absolute Gasteiger partial charge is 0.449 e. The van der Waals surface area contributed by atoms with Gasteiger partial charge in [-0.3, -0.25) is 4.79 Å². The van der Waals surface area contributed by atoms with Crippen LogP contribution in [0.25, 0.3) is 0 Å². The fraction of sp³-hybridized carbons (Fsp3) is 0.333. The minimum Gasteiger partial charge on any atom is -0.449 e. The fourth-order valence-corrected chi connectivity index (χ4v) is 3.26. The summed E-state index contributed by atoms with van der Waals surface area (Å²) in [5.74, 6) is -0.594. The molecule has 0 unspecified atom stereocenters. The minimum absolute atomic E-state index is 0.146. The molecule has 3 rings (SSSR count). The van der Waals surface area contributed by atoms with E-state index in [1.165, 1.54) is 5.56 Å². The number of hydrogen-bond donors (Lipinski definition) is 0. The summed E-state index contributed by atoms with van der Waals surface area (Å²) in [4.78, 5) is 26.8. The summed E-state index contributed by atoms with van der Waals surface area (Å²) in [5.41, 5.74) is 4.90. The molecule has 0 saturated heterocycles. The Morgan fingerprint density at radius 2 is 1.80 bits per heavy atom. The summed E-state index contributed by atoms with van der Waals surface area (Å²) >= 11 is 0. The van der Waals surface area contributed by atoms with E-state index >= 15 is 0 Å². The van der Waals surface area contributed by atoms with Crippen molar-refractivity contribution in [2.75, 3.05) is 6.54 Å². The molecule has 2 aromatic rings. The molecule has 1 aliphatic heterocycles. The highest BCUT2D eigenvalue weighted by molar-refractivity contribution is 5.93.